The molecule has 2 aliphatic heterocycles. The Bertz CT molecular complexity index is 1010. The molecule has 3 rings (SSSR count). The number of benzene rings is 1. The van der Waals surface area contributed by atoms with Crippen LogP contribution in [0.5, 0.6) is 0 Å². The van der Waals surface area contributed by atoms with Crippen LogP contribution in [0.4, 0.5) is 20.6 Å². The molecule has 1 aromatic rings. The number of esters is 2. The van der Waals surface area contributed by atoms with Crippen LogP contribution in [0.25, 0.3) is 0 Å². The number of hydrogen-bond acceptors (Lipinski definition) is 9. The Hall–Kier alpha value is -3.34. The summed E-state index contributed by atoms with van der Waals surface area (Å²) in [5.74, 6) is -1.75. The number of likely N-dealkylation sites (tertiary alicyclic amines) is 1. The molecule has 11 heteroatoms. The number of anilines is 2. The fraction of sp³-hybridized carbons (Fsp3) is 0.560. The van der Waals surface area contributed by atoms with E-state index < -0.39 is 23.4 Å². The first-order valence-corrected chi connectivity index (χ1v) is 11.8. The smallest absolute Gasteiger partial charge is 0.410 e. The Kier molecular flexibility index (Phi) is 8.78. The molecular formula is C25H34FN3O7. The summed E-state index contributed by atoms with van der Waals surface area (Å²) in [6.45, 7) is 7.01. The van der Waals surface area contributed by atoms with Gasteiger partial charge in [-0.2, -0.15) is 0 Å². The second-order valence-corrected chi connectivity index (χ2v) is 9.67. The van der Waals surface area contributed by atoms with Crippen molar-refractivity contribution in [3.63, 3.8) is 0 Å². The van der Waals surface area contributed by atoms with Crippen LogP contribution in [0, 0.1) is 11.7 Å². The standard InChI is InChI=1S/C25H34FN3O7/c1-25(2,3)36-24(32)28-10-8-16(9-11-28)13-27-19-7-6-17(26)12-20(19)29-15-35-14-18(22(30)33-4)21(29)23(31)34-5/h6-7,12,16,27H,8-11,13-15H2,1-5H3. The number of rotatable bonds is 6. The van der Waals surface area contributed by atoms with Gasteiger partial charge in [-0.3, -0.25) is 0 Å². The summed E-state index contributed by atoms with van der Waals surface area (Å²) in [5.41, 5.74) is 0.262. The van der Waals surface area contributed by atoms with Crippen LogP contribution in [-0.2, 0) is 28.5 Å². The largest absolute Gasteiger partial charge is 0.466 e. The molecule has 0 saturated carbocycles. The first kappa shape index (κ1) is 27.3. The molecule has 0 radical (unpaired) electrons. The minimum Gasteiger partial charge on any atom is -0.466 e. The van der Waals surface area contributed by atoms with Gasteiger partial charge in [0.25, 0.3) is 0 Å². The zero-order chi connectivity index (χ0) is 26.5. The Morgan fingerprint density at radius 2 is 1.78 bits per heavy atom. The van der Waals surface area contributed by atoms with Crippen molar-refractivity contribution in [1.29, 1.82) is 0 Å². The van der Waals surface area contributed by atoms with E-state index in [0.717, 1.165) is 12.8 Å². The van der Waals surface area contributed by atoms with Gasteiger partial charge < -0.3 is 34.1 Å². The molecule has 0 aliphatic carbocycles. The maximum Gasteiger partial charge on any atom is 0.410 e. The summed E-state index contributed by atoms with van der Waals surface area (Å²) in [5, 5.41) is 3.34. The Morgan fingerprint density at radius 1 is 1.11 bits per heavy atom. The van der Waals surface area contributed by atoms with Crippen molar-refractivity contribution in [2.24, 2.45) is 5.92 Å². The third-order valence-electron chi connectivity index (χ3n) is 5.93. The van der Waals surface area contributed by atoms with Crippen LogP contribution in [0.1, 0.15) is 33.6 Å². The molecule has 1 N–H and O–H groups in total. The topological polar surface area (TPSA) is 107 Å². The molecule has 10 nitrogen and oxygen atoms in total. The molecule has 1 fully saturated rings. The highest BCUT2D eigenvalue weighted by Crippen LogP contribution is 2.34. The maximum absolute atomic E-state index is 14.3. The van der Waals surface area contributed by atoms with Gasteiger partial charge in [-0.05, 0) is 57.7 Å². The lowest BCUT2D eigenvalue weighted by molar-refractivity contribution is -0.140. The molecule has 0 atom stereocenters. The van der Waals surface area contributed by atoms with Gasteiger partial charge in [0.1, 0.15) is 23.8 Å². The highest BCUT2D eigenvalue weighted by molar-refractivity contribution is 6.04. The van der Waals surface area contributed by atoms with Crippen molar-refractivity contribution in [2.45, 2.75) is 39.2 Å². The van der Waals surface area contributed by atoms with E-state index in [1.807, 2.05) is 20.8 Å². The quantitative estimate of drug-likeness (QED) is 0.459. The predicted molar refractivity (Wildman–Crippen MR) is 130 cm³/mol. The Balaban J connectivity index is 1.75. The number of carbonyl (C=O) groups is 3. The summed E-state index contributed by atoms with van der Waals surface area (Å²) in [6.07, 6.45) is 1.23. The first-order chi connectivity index (χ1) is 17.0. The number of hydrogen-bond donors (Lipinski definition) is 1. The van der Waals surface area contributed by atoms with Crippen molar-refractivity contribution in [3.8, 4) is 0 Å². The average Bonchev–Trinajstić information content (AvgIpc) is 2.85. The molecule has 2 aliphatic rings. The van der Waals surface area contributed by atoms with Gasteiger partial charge >= 0.3 is 18.0 Å². The predicted octanol–water partition coefficient (Wildman–Crippen LogP) is 3.28. The van der Waals surface area contributed by atoms with Crippen molar-refractivity contribution in [2.75, 3.05) is 57.4 Å². The minimum atomic E-state index is -0.761. The van der Waals surface area contributed by atoms with E-state index in [1.54, 1.807) is 11.0 Å². The van der Waals surface area contributed by atoms with E-state index in [1.165, 1.54) is 31.3 Å². The van der Waals surface area contributed by atoms with Crippen LogP contribution < -0.4 is 10.2 Å². The van der Waals surface area contributed by atoms with Crippen molar-refractivity contribution in [1.82, 2.24) is 4.90 Å². The van der Waals surface area contributed by atoms with Crippen LogP contribution >= 0.6 is 0 Å². The molecule has 1 amide bonds. The molecule has 1 aromatic carbocycles. The van der Waals surface area contributed by atoms with E-state index >= 15 is 0 Å². The highest BCUT2D eigenvalue weighted by atomic mass is 19.1. The Morgan fingerprint density at radius 3 is 2.39 bits per heavy atom. The van der Waals surface area contributed by atoms with E-state index in [-0.39, 0.29) is 36.6 Å². The third kappa shape index (κ3) is 6.66. The summed E-state index contributed by atoms with van der Waals surface area (Å²) < 4.78 is 34.9. The fourth-order valence-corrected chi connectivity index (χ4v) is 4.11. The van der Waals surface area contributed by atoms with Gasteiger partial charge in [0, 0.05) is 19.6 Å². The minimum absolute atomic E-state index is 0.0136. The van der Waals surface area contributed by atoms with Crippen molar-refractivity contribution >= 4 is 29.4 Å². The van der Waals surface area contributed by atoms with E-state index in [0.29, 0.717) is 31.0 Å². The van der Waals surface area contributed by atoms with Gasteiger partial charge in [0.15, 0.2) is 0 Å². The molecular weight excluding hydrogens is 473 g/mol. The molecule has 36 heavy (non-hydrogen) atoms. The second-order valence-electron chi connectivity index (χ2n) is 9.67. The highest BCUT2D eigenvalue weighted by Gasteiger charge is 2.34. The monoisotopic (exact) mass is 507 g/mol. The number of nitrogens with one attached hydrogen (secondary N) is 1. The van der Waals surface area contributed by atoms with Crippen LogP contribution in [0.15, 0.2) is 29.5 Å². The van der Waals surface area contributed by atoms with E-state index in [2.05, 4.69) is 5.32 Å². The van der Waals surface area contributed by atoms with Crippen LogP contribution in [0.3, 0.4) is 0 Å². The lowest BCUT2D eigenvalue weighted by Gasteiger charge is -2.34. The lowest BCUT2D eigenvalue weighted by atomic mass is 9.97. The van der Waals surface area contributed by atoms with E-state index in [4.69, 9.17) is 18.9 Å². The first-order valence-electron chi connectivity index (χ1n) is 11.8. The maximum atomic E-state index is 14.3. The van der Waals surface area contributed by atoms with E-state index in [9.17, 15) is 18.8 Å². The SMILES string of the molecule is COC(=O)C1=C(C(=O)OC)N(c2cc(F)ccc2NCC2CCN(C(=O)OC(C)(C)C)CC2)COC1. The van der Waals surface area contributed by atoms with Gasteiger partial charge in [-0.25, -0.2) is 18.8 Å². The summed E-state index contributed by atoms with van der Waals surface area (Å²) >= 11 is 0. The molecule has 0 spiro atoms. The van der Waals surface area contributed by atoms with Crippen molar-refractivity contribution < 1.29 is 37.7 Å². The average molecular weight is 508 g/mol. The number of nitrogens with zero attached hydrogens (tertiary/aromatic N) is 2. The molecule has 198 valence electrons. The normalized spacial score (nSPS) is 17.1. The second kappa shape index (κ2) is 11.6. The van der Waals surface area contributed by atoms with Gasteiger partial charge in [0.2, 0.25) is 0 Å². The molecule has 2 heterocycles. The number of piperidine rings is 1. The number of halogens is 1. The number of amides is 1. The zero-order valence-corrected chi connectivity index (χ0v) is 21.4. The zero-order valence-electron chi connectivity index (χ0n) is 21.4. The third-order valence-corrected chi connectivity index (χ3v) is 5.93. The Labute approximate surface area is 210 Å². The molecule has 0 bridgehead atoms. The van der Waals surface area contributed by atoms with Crippen molar-refractivity contribution in [3.05, 3.63) is 35.3 Å². The van der Waals surface area contributed by atoms with Crippen LogP contribution in [-0.4, -0.2) is 75.7 Å². The summed E-state index contributed by atoms with van der Waals surface area (Å²) in [6, 6.07) is 4.15. The van der Waals surface area contributed by atoms with Gasteiger partial charge in [-0.1, -0.05) is 0 Å². The summed E-state index contributed by atoms with van der Waals surface area (Å²) in [4.78, 5) is 40.3. The molecule has 1 saturated heterocycles. The van der Waals surface area contributed by atoms with Crippen LogP contribution in [0.2, 0.25) is 0 Å². The fourth-order valence-electron chi connectivity index (χ4n) is 4.11. The van der Waals surface area contributed by atoms with Gasteiger partial charge in [-0.15, -0.1) is 0 Å². The lowest BCUT2D eigenvalue weighted by Crippen LogP contribution is -2.42. The molecule has 0 unspecified atom stereocenters. The molecule has 0 aromatic heterocycles. The summed E-state index contributed by atoms with van der Waals surface area (Å²) in [7, 11) is 2.40. The number of ether oxygens (including phenoxy) is 4. The van der Waals surface area contributed by atoms with Gasteiger partial charge in [0.05, 0.1) is 37.8 Å². The number of methoxy groups -OCH3 is 2. The number of carbonyl (C=O) groups excluding carboxylic acids is 3.